The molecule has 0 aliphatic heterocycles. The minimum atomic E-state index is -0.266. The van der Waals surface area contributed by atoms with Gasteiger partial charge in [0.25, 0.3) is 5.91 Å². The van der Waals surface area contributed by atoms with Gasteiger partial charge < -0.3 is 14.5 Å². The third-order valence-electron chi connectivity index (χ3n) is 3.81. The molecule has 0 atom stereocenters. The number of para-hydroxylation sites is 1. The van der Waals surface area contributed by atoms with Crippen LogP contribution in [0.15, 0.2) is 52.9 Å². The van der Waals surface area contributed by atoms with Gasteiger partial charge in [-0.05, 0) is 30.2 Å². The summed E-state index contributed by atoms with van der Waals surface area (Å²) in [7, 11) is 1.60. The lowest BCUT2D eigenvalue weighted by molar-refractivity contribution is 0.0992. The molecular formula is C19H19NO3. The van der Waals surface area contributed by atoms with Gasteiger partial charge in [0.2, 0.25) is 0 Å². The normalized spacial score (nSPS) is 10.9. The summed E-state index contributed by atoms with van der Waals surface area (Å²) in [6.45, 7) is 2.42. The van der Waals surface area contributed by atoms with E-state index in [9.17, 15) is 4.79 Å². The summed E-state index contributed by atoms with van der Waals surface area (Å²) >= 11 is 0. The maximum absolute atomic E-state index is 12.6. The van der Waals surface area contributed by atoms with Crippen molar-refractivity contribution in [1.82, 2.24) is 0 Å². The van der Waals surface area contributed by atoms with Crippen molar-refractivity contribution < 1.29 is 13.9 Å². The van der Waals surface area contributed by atoms with Crippen LogP contribution < -0.4 is 5.32 Å². The van der Waals surface area contributed by atoms with E-state index >= 15 is 0 Å². The summed E-state index contributed by atoms with van der Waals surface area (Å²) in [6.07, 6.45) is 0.968. The first kappa shape index (κ1) is 15.3. The van der Waals surface area contributed by atoms with Crippen molar-refractivity contribution in [3.05, 3.63) is 65.4 Å². The fourth-order valence-corrected chi connectivity index (χ4v) is 2.58. The van der Waals surface area contributed by atoms with Crippen molar-refractivity contribution in [2.24, 2.45) is 0 Å². The molecule has 4 heteroatoms. The van der Waals surface area contributed by atoms with E-state index in [-0.39, 0.29) is 5.91 Å². The summed E-state index contributed by atoms with van der Waals surface area (Å²) in [5, 5.41) is 3.78. The second kappa shape index (κ2) is 6.67. The van der Waals surface area contributed by atoms with Crippen LogP contribution in [0.2, 0.25) is 0 Å². The van der Waals surface area contributed by atoms with Gasteiger partial charge in [-0.2, -0.15) is 0 Å². The van der Waals surface area contributed by atoms with Gasteiger partial charge in [0, 0.05) is 23.7 Å². The molecular weight excluding hydrogens is 290 g/mol. The molecule has 0 aliphatic rings. The monoisotopic (exact) mass is 309 g/mol. The molecule has 4 nitrogen and oxygen atoms in total. The SMILES string of the molecule is CCc1ccc(NC(=O)c2oc3ccccc3c2COC)cc1. The number of fused-ring (bicyclic) bond motifs is 1. The number of ether oxygens (including phenoxy) is 1. The lowest BCUT2D eigenvalue weighted by Gasteiger charge is -2.06. The van der Waals surface area contributed by atoms with E-state index < -0.39 is 0 Å². The number of aryl methyl sites for hydroxylation is 1. The first-order valence-electron chi connectivity index (χ1n) is 7.62. The first-order chi connectivity index (χ1) is 11.2. The Kier molecular flexibility index (Phi) is 4.44. The fourth-order valence-electron chi connectivity index (χ4n) is 2.58. The molecule has 0 spiro atoms. The predicted molar refractivity (Wildman–Crippen MR) is 90.7 cm³/mol. The molecule has 23 heavy (non-hydrogen) atoms. The number of benzene rings is 2. The van der Waals surface area contributed by atoms with Crippen LogP contribution in [0.25, 0.3) is 11.0 Å². The molecule has 1 amide bonds. The highest BCUT2D eigenvalue weighted by atomic mass is 16.5. The van der Waals surface area contributed by atoms with Crippen LogP contribution in [0, 0.1) is 0 Å². The van der Waals surface area contributed by atoms with E-state index in [0.717, 1.165) is 23.1 Å². The molecule has 0 radical (unpaired) electrons. The van der Waals surface area contributed by atoms with Crippen LogP contribution in [0.4, 0.5) is 5.69 Å². The Bertz CT molecular complexity index is 818. The highest BCUT2D eigenvalue weighted by molar-refractivity contribution is 6.06. The molecule has 0 saturated carbocycles. The second-order valence-electron chi connectivity index (χ2n) is 5.34. The summed E-state index contributed by atoms with van der Waals surface area (Å²) < 4.78 is 11.0. The zero-order valence-corrected chi connectivity index (χ0v) is 13.3. The molecule has 1 aromatic heterocycles. The molecule has 0 aliphatic carbocycles. The Hall–Kier alpha value is -2.59. The standard InChI is InChI=1S/C19H19NO3/c1-3-13-8-10-14(11-9-13)20-19(21)18-16(12-22-2)15-6-4-5-7-17(15)23-18/h4-11H,3,12H2,1-2H3,(H,20,21). The average Bonchev–Trinajstić information content (AvgIpc) is 2.95. The van der Waals surface area contributed by atoms with E-state index in [4.69, 9.17) is 9.15 Å². The third-order valence-corrected chi connectivity index (χ3v) is 3.81. The number of carbonyl (C=O) groups is 1. The van der Waals surface area contributed by atoms with E-state index in [1.807, 2.05) is 48.5 Å². The van der Waals surface area contributed by atoms with Crippen LogP contribution in [-0.2, 0) is 17.8 Å². The van der Waals surface area contributed by atoms with E-state index in [2.05, 4.69) is 12.2 Å². The largest absolute Gasteiger partial charge is 0.451 e. The number of anilines is 1. The minimum Gasteiger partial charge on any atom is -0.451 e. The summed E-state index contributed by atoms with van der Waals surface area (Å²) in [5.74, 6) is 0.0325. The van der Waals surface area contributed by atoms with Crippen molar-refractivity contribution in [2.45, 2.75) is 20.0 Å². The van der Waals surface area contributed by atoms with Crippen LogP contribution in [-0.4, -0.2) is 13.0 Å². The molecule has 0 saturated heterocycles. The van der Waals surface area contributed by atoms with Crippen molar-refractivity contribution in [1.29, 1.82) is 0 Å². The number of hydrogen-bond acceptors (Lipinski definition) is 3. The van der Waals surface area contributed by atoms with Gasteiger partial charge in [0.15, 0.2) is 5.76 Å². The van der Waals surface area contributed by atoms with Crippen LogP contribution in [0.3, 0.4) is 0 Å². The lowest BCUT2D eigenvalue weighted by atomic mass is 10.1. The van der Waals surface area contributed by atoms with Crippen LogP contribution in [0.5, 0.6) is 0 Å². The molecule has 0 fully saturated rings. The van der Waals surface area contributed by atoms with Crippen molar-refractivity contribution in [3.63, 3.8) is 0 Å². The van der Waals surface area contributed by atoms with Gasteiger partial charge in [-0.25, -0.2) is 0 Å². The van der Waals surface area contributed by atoms with Crippen LogP contribution in [0.1, 0.15) is 28.6 Å². The number of rotatable bonds is 5. The summed E-state index contributed by atoms with van der Waals surface area (Å²) in [6, 6.07) is 15.4. The molecule has 0 unspecified atom stereocenters. The maximum atomic E-state index is 12.6. The van der Waals surface area contributed by atoms with Crippen molar-refractivity contribution >= 4 is 22.6 Å². The molecule has 0 bridgehead atoms. The van der Waals surface area contributed by atoms with Gasteiger partial charge in [0.1, 0.15) is 5.58 Å². The third kappa shape index (κ3) is 3.12. The molecule has 1 heterocycles. The van der Waals surface area contributed by atoms with E-state index in [0.29, 0.717) is 18.0 Å². The molecule has 3 aromatic rings. The minimum absolute atomic E-state index is 0.266. The Labute approximate surface area is 135 Å². The summed E-state index contributed by atoms with van der Waals surface area (Å²) in [4.78, 5) is 12.6. The zero-order chi connectivity index (χ0) is 16.2. The lowest BCUT2D eigenvalue weighted by Crippen LogP contribution is -2.13. The Morgan fingerprint density at radius 1 is 1.13 bits per heavy atom. The van der Waals surface area contributed by atoms with E-state index in [1.165, 1.54) is 5.56 Å². The average molecular weight is 309 g/mol. The van der Waals surface area contributed by atoms with Gasteiger partial charge in [-0.3, -0.25) is 4.79 Å². The second-order valence-corrected chi connectivity index (χ2v) is 5.34. The number of hydrogen-bond donors (Lipinski definition) is 1. The molecule has 1 N–H and O–H groups in total. The number of nitrogens with one attached hydrogen (secondary N) is 1. The fraction of sp³-hybridized carbons (Fsp3) is 0.211. The number of carbonyl (C=O) groups excluding carboxylic acids is 1. The Balaban J connectivity index is 1.91. The Morgan fingerprint density at radius 3 is 2.57 bits per heavy atom. The smallest absolute Gasteiger partial charge is 0.291 e. The zero-order valence-electron chi connectivity index (χ0n) is 13.3. The van der Waals surface area contributed by atoms with Gasteiger partial charge in [-0.15, -0.1) is 0 Å². The highest BCUT2D eigenvalue weighted by Gasteiger charge is 2.20. The Morgan fingerprint density at radius 2 is 1.87 bits per heavy atom. The van der Waals surface area contributed by atoms with Gasteiger partial charge >= 0.3 is 0 Å². The molecule has 118 valence electrons. The number of amides is 1. The first-order valence-corrected chi connectivity index (χ1v) is 7.62. The molecule has 2 aromatic carbocycles. The van der Waals surface area contributed by atoms with Crippen molar-refractivity contribution in [3.8, 4) is 0 Å². The van der Waals surface area contributed by atoms with Gasteiger partial charge in [0.05, 0.1) is 6.61 Å². The number of methoxy groups -OCH3 is 1. The maximum Gasteiger partial charge on any atom is 0.291 e. The van der Waals surface area contributed by atoms with E-state index in [1.54, 1.807) is 7.11 Å². The quantitative estimate of drug-likeness (QED) is 0.760. The molecule has 3 rings (SSSR count). The topological polar surface area (TPSA) is 51.5 Å². The summed E-state index contributed by atoms with van der Waals surface area (Å²) in [5.41, 5.74) is 3.43. The van der Waals surface area contributed by atoms with Crippen molar-refractivity contribution in [2.75, 3.05) is 12.4 Å². The number of furan rings is 1. The highest BCUT2D eigenvalue weighted by Crippen LogP contribution is 2.27. The van der Waals surface area contributed by atoms with Gasteiger partial charge in [-0.1, -0.05) is 37.3 Å². The van der Waals surface area contributed by atoms with Crippen LogP contribution >= 0.6 is 0 Å². The predicted octanol–water partition coefficient (Wildman–Crippen LogP) is 4.39.